The van der Waals surface area contributed by atoms with E-state index in [1.165, 1.54) is 11.1 Å². The van der Waals surface area contributed by atoms with Crippen LogP contribution in [0.25, 0.3) is 110 Å². The van der Waals surface area contributed by atoms with Crippen molar-refractivity contribution in [1.29, 1.82) is 0 Å². The third kappa shape index (κ3) is 5.72. The minimum Gasteiger partial charge on any atom is -0.254 e. The van der Waals surface area contributed by atoms with Crippen molar-refractivity contribution in [1.82, 2.24) is 19.9 Å². The number of rotatable bonds is 5. The van der Waals surface area contributed by atoms with Gasteiger partial charge in [0.25, 0.3) is 0 Å². The van der Waals surface area contributed by atoms with Gasteiger partial charge in [-0.15, -0.1) is 0 Å². The molecule has 0 saturated carbocycles. The van der Waals surface area contributed by atoms with Crippen molar-refractivity contribution < 1.29 is 0 Å². The van der Waals surface area contributed by atoms with E-state index in [2.05, 4.69) is 181 Å². The van der Waals surface area contributed by atoms with Gasteiger partial charge in [0, 0.05) is 44.4 Å². The average Bonchev–Trinajstić information content (AvgIpc) is 3.28. The first-order valence-electron chi connectivity index (χ1n) is 18.9. The van der Waals surface area contributed by atoms with Crippen LogP contribution < -0.4 is 0 Å². The van der Waals surface area contributed by atoms with Gasteiger partial charge in [-0.3, -0.25) is 4.98 Å². The smallest absolute Gasteiger partial charge is 0.0972 e. The summed E-state index contributed by atoms with van der Waals surface area (Å²) in [5.41, 5.74) is 14.5. The molecule has 11 rings (SSSR count). The molecule has 0 fully saturated rings. The van der Waals surface area contributed by atoms with E-state index in [0.29, 0.717) is 0 Å². The maximum Gasteiger partial charge on any atom is 0.0972 e. The van der Waals surface area contributed by atoms with Gasteiger partial charge in [-0.2, -0.15) is 0 Å². The Bertz CT molecular complexity index is 3300. The molecule has 260 valence electrons. The molecule has 0 radical (unpaired) electrons. The van der Waals surface area contributed by atoms with E-state index < -0.39 is 0 Å². The van der Waals surface area contributed by atoms with Crippen molar-refractivity contribution in [3.63, 3.8) is 0 Å². The maximum atomic E-state index is 5.17. The SMILES string of the molecule is c1ccc(-c2ccc(-c3ccc4ccc(-c5ccc6ccc(-c7ccc8cc(-c9ccc%10ccc%11cccnc%11c%10n9)ccc8c7)nc6c5)cc4n3)cc2)cc1. The zero-order valence-electron chi connectivity index (χ0n) is 30.3. The van der Waals surface area contributed by atoms with E-state index >= 15 is 0 Å². The second kappa shape index (κ2) is 13.1. The molecule has 0 aliphatic heterocycles. The number of hydrogen-bond acceptors (Lipinski definition) is 4. The predicted octanol–water partition coefficient (Wildman–Crippen LogP) is 13.4. The van der Waals surface area contributed by atoms with Gasteiger partial charge in [0.2, 0.25) is 0 Å². The Kier molecular flexibility index (Phi) is 7.46. The van der Waals surface area contributed by atoms with Crippen molar-refractivity contribution in [2.75, 3.05) is 0 Å². The van der Waals surface area contributed by atoms with Crippen LogP contribution in [0.2, 0.25) is 0 Å². The molecule has 4 heterocycles. The Morgan fingerprint density at radius 3 is 1.34 bits per heavy atom. The lowest BCUT2D eigenvalue weighted by Gasteiger charge is -2.10. The number of benzene rings is 7. The van der Waals surface area contributed by atoms with E-state index in [1.54, 1.807) is 0 Å². The highest BCUT2D eigenvalue weighted by Gasteiger charge is 2.11. The minimum atomic E-state index is 0.925. The lowest BCUT2D eigenvalue weighted by Crippen LogP contribution is -1.90. The first-order chi connectivity index (χ1) is 27.7. The van der Waals surface area contributed by atoms with Gasteiger partial charge >= 0.3 is 0 Å². The maximum absolute atomic E-state index is 5.17. The number of pyridine rings is 4. The second-order valence-electron chi connectivity index (χ2n) is 14.3. The third-order valence-corrected chi connectivity index (χ3v) is 10.9. The minimum absolute atomic E-state index is 0.925. The van der Waals surface area contributed by atoms with Crippen LogP contribution in [0.15, 0.2) is 194 Å². The summed E-state index contributed by atoms with van der Waals surface area (Å²) in [4.78, 5) is 20.0. The molecule has 7 aromatic carbocycles. The van der Waals surface area contributed by atoms with Gasteiger partial charge < -0.3 is 0 Å². The summed E-state index contributed by atoms with van der Waals surface area (Å²) in [7, 11) is 0. The van der Waals surface area contributed by atoms with Crippen LogP contribution in [0.4, 0.5) is 0 Å². The van der Waals surface area contributed by atoms with Crippen molar-refractivity contribution in [2.45, 2.75) is 0 Å². The summed E-state index contributed by atoms with van der Waals surface area (Å²) in [5, 5.41) is 6.72. The summed E-state index contributed by atoms with van der Waals surface area (Å²) in [6.45, 7) is 0. The monoisotopic (exact) mass is 712 g/mol. The van der Waals surface area contributed by atoms with E-state index in [4.69, 9.17) is 15.0 Å². The molecule has 11 aromatic rings. The van der Waals surface area contributed by atoms with Gasteiger partial charge in [-0.25, -0.2) is 15.0 Å². The summed E-state index contributed by atoms with van der Waals surface area (Å²) in [6, 6.07) is 66.3. The van der Waals surface area contributed by atoms with Crippen LogP contribution in [-0.4, -0.2) is 19.9 Å². The molecule has 56 heavy (non-hydrogen) atoms. The molecule has 0 aliphatic carbocycles. The Balaban J connectivity index is 0.887. The van der Waals surface area contributed by atoms with Crippen LogP contribution in [0.3, 0.4) is 0 Å². The molecule has 4 nitrogen and oxygen atoms in total. The molecular weight excluding hydrogens is 681 g/mol. The largest absolute Gasteiger partial charge is 0.254 e. The fourth-order valence-electron chi connectivity index (χ4n) is 7.83. The normalized spacial score (nSPS) is 11.6. The fraction of sp³-hybridized carbons (Fsp3) is 0. The van der Waals surface area contributed by atoms with Crippen molar-refractivity contribution in [3.05, 3.63) is 194 Å². The molecule has 0 saturated heterocycles. The van der Waals surface area contributed by atoms with Crippen LogP contribution in [-0.2, 0) is 0 Å². The molecule has 0 aliphatic rings. The number of hydrogen-bond donors (Lipinski definition) is 0. The first kappa shape index (κ1) is 31.9. The van der Waals surface area contributed by atoms with Crippen molar-refractivity contribution >= 4 is 54.4 Å². The van der Waals surface area contributed by atoms with Crippen LogP contribution >= 0.6 is 0 Å². The van der Waals surface area contributed by atoms with Gasteiger partial charge in [0.05, 0.1) is 39.1 Å². The summed E-state index contributed by atoms with van der Waals surface area (Å²) in [5.74, 6) is 0. The quantitative estimate of drug-likeness (QED) is 0.167. The average molecular weight is 713 g/mol. The van der Waals surface area contributed by atoms with Crippen LogP contribution in [0, 0.1) is 0 Å². The molecule has 4 heteroatoms. The topological polar surface area (TPSA) is 51.6 Å². The Morgan fingerprint density at radius 1 is 0.250 bits per heavy atom. The van der Waals surface area contributed by atoms with E-state index in [9.17, 15) is 0 Å². The lowest BCUT2D eigenvalue weighted by atomic mass is 9.99. The molecule has 0 spiro atoms. The molecule has 4 aromatic heterocycles. The standard InChI is InChI=1S/C52H32N4/c1-2-5-33(6-3-1)34-8-10-35(11-9-34)46-25-22-36-12-16-42(31-49(36)54-46)43-17-13-37-23-26-47(55-50(37)32-43)44-20-18-41-30-45(21-19-40(41)29-44)48-27-24-39-15-14-38-7-4-28-53-51(38)52(39)56-48/h1-32H. The number of fused-ring (bicyclic) bond motifs is 6. The molecular formula is C52H32N4. The summed E-state index contributed by atoms with van der Waals surface area (Å²) in [6.07, 6.45) is 1.83. The summed E-state index contributed by atoms with van der Waals surface area (Å²) < 4.78 is 0. The Morgan fingerprint density at radius 2 is 0.696 bits per heavy atom. The van der Waals surface area contributed by atoms with Gasteiger partial charge in [-0.1, -0.05) is 140 Å². The second-order valence-corrected chi connectivity index (χ2v) is 14.3. The lowest BCUT2D eigenvalue weighted by molar-refractivity contribution is 1.37. The number of nitrogens with zero attached hydrogens (tertiary/aromatic N) is 4. The van der Waals surface area contributed by atoms with Gasteiger partial charge in [-0.05, 0) is 81.6 Å². The molecule has 0 unspecified atom stereocenters. The van der Waals surface area contributed by atoms with Gasteiger partial charge in [0.1, 0.15) is 0 Å². The number of aromatic nitrogens is 4. The van der Waals surface area contributed by atoms with E-state index in [1.807, 2.05) is 18.3 Å². The van der Waals surface area contributed by atoms with Crippen molar-refractivity contribution in [3.8, 4) is 56.0 Å². The molecule has 0 amide bonds. The molecule has 0 atom stereocenters. The van der Waals surface area contributed by atoms with Crippen LogP contribution in [0.1, 0.15) is 0 Å². The highest BCUT2D eigenvalue weighted by atomic mass is 14.8. The fourth-order valence-corrected chi connectivity index (χ4v) is 7.83. The van der Waals surface area contributed by atoms with Crippen molar-refractivity contribution in [2.24, 2.45) is 0 Å². The zero-order chi connectivity index (χ0) is 37.0. The third-order valence-electron chi connectivity index (χ3n) is 10.9. The highest BCUT2D eigenvalue weighted by Crippen LogP contribution is 2.33. The highest BCUT2D eigenvalue weighted by molar-refractivity contribution is 6.03. The summed E-state index contributed by atoms with van der Waals surface area (Å²) >= 11 is 0. The van der Waals surface area contributed by atoms with E-state index in [0.717, 1.165) is 99.3 Å². The first-order valence-corrected chi connectivity index (χ1v) is 18.9. The van der Waals surface area contributed by atoms with E-state index in [-0.39, 0.29) is 0 Å². The van der Waals surface area contributed by atoms with Crippen LogP contribution in [0.5, 0.6) is 0 Å². The van der Waals surface area contributed by atoms with Gasteiger partial charge in [0.15, 0.2) is 0 Å². The Hall–Kier alpha value is -7.56. The zero-order valence-corrected chi connectivity index (χ0v) is 30.3. The molecule has 0 N–H and O–H groups in total. The predicted molar refractivity (Wildman–Crippen MR) is 232 cm³/mol. The Labute approximate surface area is 323 Å². The molecule has 0 bridgehead atoms.